The summed E-state index contributed by atoms with van der Waals surface area (Å²) in [6.07, 6.45) is 3.16. The maximum Gasteiger partial charge on any atom is 0.249 e. The van der Waals surface area contributed by atoms with Crippen LogP contribution in [0.5, 0.6) is 0 Å². The first-order valence-electron chi connectivity index (χ1n) is 5.76. The van der Waals surface area contributed by atoms with Gasteiger partial charge < -0.3 is 5.32 Å². The topological polar surface area (TPSA) is 42.0 Å². The third-order valence-corrected chi connectivity index (χ3v) is 2.39. The minimum atomic E-state index is -0.171. The molecule has 1 amide bonds. The number of pyridine rings is 1. The molecule has 1 heterocycles. The number of amides is 1. The van der Waals surface area contributed by atoms with E-state index in [9.17, 15) is 4.79 Å². The highest BCUT2D eigenvalue weighted by Crippen LogP contribution is 2.18. The largest absolute Gasteiger partial charge is 0.307 e. The Hall–Kier alpha value is -2.42. The van der Waals surface area contributed by atoms with Crippen LogP contribution in [0.1, 0.15) is 6.92 Å². The molecular weight excluding hydrogens is 224 g/mol. The van der Waals surface area contributed by atoms with Crippen molar-refractivity contribution in [1.82, 2.24) is 4.98 Å². The Bertz CT molecular complexity index is 562. The predicted octanol–water partition coefficient (Wildman–Crippen LogP) is 3.26. The summed E-state index contributed by atoms with van der Waals surface area (Å²) in [5.74, 6) is 0.384. The summed E-state index contributed by atoms with van der Waals surface area (Å²) >= 11 is 0. The van der Waals surface area contributed by atoms with Crippen LogP contribution in [0.4, 0.5) is 5.82 Å². The lowest BCUT2D eigenvalue weighted by atomic mass is 10.1. The van der Waals surface area contributed by atoms with E-state index < -0.39 is 0 Å². The van der Waals surface area contributed by atoms with Crippen LogP contribution in [0.3, 0.4) is 0 Å². The van der Waals surface area contributed by atoms with Gasteiger partial charge in [0, 0.05) is 5.56 Å². The molecule has 0 bridgehead atoms. The van der Waals surface area contributed by atoms with Gasteiger partial charge in [0.2, 0.25) is 5.91 Å². The molecule has 2 rings (SSSR count). The van der Waals surface area contributed by atoms with E-state index in [2.05, 4.69) is 10.3 Å². The van der Waals surface area contributed by atoms with Crippen LogP contribution >= 0.6 is 0 Å². The van der Waals surface area contributed by atoms with Crippen LogP contribution in [-0.4, -0.2) is 10.9 Å². The molecule has 3 nitrogen and oxygen atoms in total. The minimum absolute atomic E-state index is 0.171. The van der Waals surface area contributed by atoms with Crippen LogP contribution in [0.25, 0.3) is 11.3 Å². The molecule has 0 aliphatic heterocycles. The van der Waals surface area contributed by atoms with Crippen molar-refractivity contribution in [3.8, 4) is 11.3 Å². The summed E-state index contributed by atoms with van der Waals surface area (Å²) in [6.45, 7) is 1.80. The van der Waals surface area contributed by atoms with E-state index in [1.165, 1.54) is 6.08 Å². The molecule has 0 fully saturated rings. The molecule has 1 N–H and O–H groups in total. The zero-order chi connectivity index (χ0) is 12.8. The van der Waals surface area contributed by atoms with Crippen molar-refractivity contribution >= 4 is 11.7 Å². The zero-order valence-corrected chi connectivity index (χ0v) is 10.1. The molecule has 90 valence electrons. The number of rotatable bonds is 3. The standard InChI is InChI=1S/C15H14N2O/c1-2-7-15(18)17-14-11-6-10-13(16-14)12-8-4-3-5-9-12/h2-11H,1H3,(H,16,17,18)/b7-2+. The van der Waals surface area contributed by atoms with Gasteiger partial charge in [0.1, 0.15) is 5.82 Å². The van der Waals surface area contributed by atoms with Crippen LogP contribution in [0, 0.1) is 0 Å². The van der Waals surface area contributed by atoms with Gasteiger partial charge in [-0.25, -0.2) is 4.98 Å². The average molecular weight is 238 g/mol. The molecule has 2 aromatic rings. The third kappa shape index (κ3) is 3.04. The maximum atomic E-state index is 11.4. The van der Waals surface area contributed by atoms with Crippen molar-refractivity contribution in [2.24, 2.45) is 0 Å². The molecule has 0 aliphatic rings. The van der Waals surface area contributed by atoms with E-state index in [4.69, 9.17) is 0 Å². The van der Waals surface area contributed by atoms with Gasteiger partial charge in [-0.1, -0.05) is 42.5 Å². The fourth-order valence-corrected chi connectivity index (χ4v) is 1.59. The number of hydrogen-bond acceptors (Lipinski definition) is 2. The van der Waals surface area contributed by atoms with Crippen LogP contribution in [0.15, 0.2) is 60.7 Å². The average Bonchev–Trinajstić information content (AvgIpc) is 2.40. The number of carbonyl (C=O) groups is 1. The Morgan fingerprint density at radius 1 is 1.11 bits per heavy atom. The van der Waals surface area contributed by atoms with E-state index in [1.807, 2.05) is 42.5 Å². The van der Waals surface area contributed by atoms with E-state index >= 15 is 0 Å². The van der Waals surface area contributed by atoms with Crippen LogP contribution in [-0.2, 0) is 4.79 Å². The van der Waals surface area contributed by atoms with Crippen molar-refractivity contribution < 1.29 is 4.79 Å². The molecule has 0 saturated carbocycles. The first-order valence-corrected chi connectivity index (χ1v) is 5.76. The molecule has 0 atom stereocenters. The number of nitrogens with one attached hydrogen (secondary N) is 1. The SMILES string of the molecule is C/C=C/C(=O)Nc1cccc(-c2ccccc2)n1. The summed E-state index contributed by atoms with van der Waals surface area (Å²) < 4.78 is 0. The number of benzene rings is 1. The number of carbonyl (C=O) groups excluding carboxylic acids is 1. The van der Waals surface area contributed by atoms with Gasteiger partial charge in [-0.05, 0) is 25.1 Å². The van der Waals surface area contributed by atoms with E-state index in [1.54, 1.807) is 19.1 Å². The smallest absolute Gasteiger partial charge is 0.249 e. The molecule has 0 radical (unpaired) electrons. The van der Waals surface area contributed by atoms with Crippen LogP contribution in [0.2, 0.25) is 0 Å². The lowest BCUT2D eigenvalue weighted by Gasteiger charge is -2.04. The van der Waals surface area contributed by atoms with Gasteiger partial charge in [-0.3, -0.25) is 4.79 Å². The zero-order valence-electron chi connectivity index (χ0n) is 10.1. The minimum Gasteiger partial charge on any atom is -0.307 e. The lowest BCUT2D eigenvalue weighted by molar-refractivity contribution is -0.111. The molecule has 18 heavy (non-hydrogen) atoms. The second-order valence-electron chi connectivity index (χ2n) is 3.76. The van der Waals surface area contributed by atoms with E-state index in [0.29, 0.717) is 5.82 Å². The van der Waals surface area contributed by atoms with Crippen molar-refractivity contribution in [3.63, 3.8) is 0 Å². The molecule has 3 heteroatoms. The highest BCUT2D eigenvalue weighted by molar-refractivity contribution is 5.98. The predicted molar refractivity (Wildman–Crippen MR) is 73.1 cm³/mol. The fourth-order valence-electron chi connectivity index (χ4n) is 1.59. The summed E-state index contributed by atoms with van der Waals surface area (Å²) in [7, 11) is 0. The first kappa shape index (κ1) is 12.0. The number of allylic oxidation sites excluding steroid dienone is 1. The number of nitrogens with zero attached hydrogens (tertiary/aromatic N) is 1. The fraction of sp³-hybridized carbons (Fsp3) is 0.0667. The summed E-state index contributed by atoms with van der Waals surface area (Å²) in [5.41, 5.74) is 1.87. The van der Waals surface area contributed by atoms with Crippen molar-refractivity contribution in [2.75, 3.05) is 5.32 Å². The molecule has 1 aromatic heterocycles. The van der Waals surface area contributed by atoms with Gasteiger partial charge in [0.05, 0.1) is 5.69 Å². The van der Waals surface area contributed by atoms with Crippen molar-refractivity contribution in [3.05, 3.63) is 60.7 Å². The van der Waals surface area contributed by atoms with Crippen molar-refractivity contribution in [1.29, 1.82) is 0 Å². The molecule has 0 spiro atoms. The van der Waals surface area contributed by atoms with Gasteiger partial charge in [0.25, 0.3) is 0 Å². The first-order chi connectivity index (χ1) is 8.79. The number of hydrogen-bond donors (Lipinski definition) is 1. The van der Waals surface area contributed by atoms with Gasteiger partial charge >= 0.3 is 0 Å². The van der Waals surface area contributed by atoms with Gasteiger partial charge in [-0.2, -0.15) is 0 Å². The molecular formula is C15H14N2O. The van der Waals surface area contributed by atoms with E-state index in [-0.39, 0.29) is 5.91 Å². The Labute approximate surface area is 106 Å². The Balaban J connectivity index is 2.23. The van der Waals surface area contributed by atoms with Gasteiger partial charge in [-0.15, -0.1) is 0 Å². The van der Waals surface area contributed by atoms with Gasteiger partial charge in [0.15, 0.2) is 0 Å². The third-order valence-electron chi connectivity index (χ3n) is 2.39. The monoisotopic (exact) mass is 238 g/mol. The van der Waals surface area contributed by atoms with Crippen molar-refractivity contribution in [2.45, 2.75) is 6.92 Å². The Morgan fingerprint density at radius 2 is 1.89 bits per heavy atom. The second-order valence-corrected chi connectivity index (χ2v) is 3.76. The summed E-state index contributed by atoms with van der Waals surface area (Å²) in [6, 6.07) is 15.4. The van der Waals surface area contributed by atoms with E-state index in [0.717, 1.165) is 11.3 Å². The molecule has 0 unspecified atom stereocenters. The highest BCUT2D eigenvalue weighted by Gasteiger charge is 2.02. The van der Waals surface area contributed by atoms with Crippen LogP contribution < -0.4 is 5.32 Å². The number of aromatic nitrogens is 1. The molecule has 0 saturated heterocycles. The normalized spacial score (nSPS) is 10.5. The molecule has 1 aromatic carbocycles. The quantitative estimate of drug-likeness (QED) is 0.834. The highest BCUT2D eigenvalue weighted by atomic mass is 16.1. The Morgan fingerprint density at radius 3 is 2.61 bits per heavy atom. The maximum absolute atomic E-state index is 11.4. The Kier molecular flexibility index (Phi) is 3.86. The summed E-state index contributed by atoms with van der Waals surface area (Å²) in [5, 5.41) is 2.72. The summed E-state index contributed by atoms with van der Waals surface area (Å²) in [4.78, 5) is 15.8. The number of anilines is 1. The molecule has 0 aliphatic carbocycles. The lowest BCUT2D eigenvalue weighted by Crippen LogP contribution is -2.09. The second kappa shape index (κ2) is 5.77.